The molecular formula is C53H66N8O7S. The lowest BCUT2D eigenvalue weighted by molar-refractivity contribution is -0.144. The molecular weight excluding hydrogens is 893 g/mol. The third-order valence-electron chi connectivity index (χ3n) is 13.1. The lowest BCUT2D eigenvalue weighted by atomic mass is 9.85. The first-order chi connectivity index (χ1) is 33.1. The van der Waals surface area contributed by atoms with E-state index in [-0.39, 0.29) is 73.1 Å². The Morgan fingerprint density at radius 1 is 0.870 bits per heavy atom. The lowest BCUT2D eigenvalue weighted by Gasteiger charge is -2.38. The summed E-state index contributed by atoms with van der Waals surface area (Å²) >= 11 is 1.58. The van der Waals surface area contributed by atoms with Crippen LogP contribution in [0.4, 0.5) is 5.82 Å². The molecule has 5 aromatic rings. The van der Waals surface area contributed by atoms with Crippen molar-refractivity contribution in [3.8, 4) is 33.2 Å². The number of carbonyl (C=O) groups is 4. The highest BCUT2D eigenvalue weighted by Crippen LogP contribution is 2.35. The number of benzene rings is 3. The van der Waals surface area contributed by atoms with Crippen LogP contribution < -0.4 is 21.1 Å². The van der Waals surface area contributed by atoms with Crippen molar-refractivity contribution in [1.82, 2.24) is 35.6 Å². The Labute approximate surface area is 408 Å². The van der Waals surface area contributed by atoms with Crippen molar-refractivity contribution in [2.75, 3.05) is 25.4 Å². The number of anilines is 1. The molecule has 7 rings (SSSR count). The number of nitrogens with zero attached hydrogens (tertiary/aromatic N) is 5. The SMILES string of the molecule is Cc1ncsc1-c1ccc(CNC(=O)[C@@H]2C[C@@H](O)CN2C(=O)C(NC(=O)CCCCCCCCC(=O)N2CC(Oc3cc(-c4ccccc4O)nnc3N)CC(c3ccccc3)C2)C(C)(C)C)cc1. The molecule has 2 fully saturated rings. The number of amides is 4. The number of phenolic OH excluding ortho intramolecular Hbond substituents is 1. The molecule has 2 aliphatic heterocycles. The Morgan fingerprint density at radius 2 is 1.57 bits per heavy atom. The van der Waals surface area contributed by atoms with E-state index in [9.17, 15) is 29.4 Å². The third-order valence-corrected chi connectivity index (χ3v) is 14.0. The Balaban J connectivity index is 0.839. The van der Waals surface area contributed by atoms with Crippen LogP contribution in [0, 0.1) is 12.3 Å². The number of unbranched alkanes of at least 4 members (excludes halogenated alkanes) is 5. The first-order valence-electron chi connectivity index (χ1n) is 24.1. The van der Waals surface area contributed by atoms with Gasteiger partial charge >= 0.3 is 0 Å². The topological polar surface area (TPSA) is 213 Å². The summed E-state index contributed by atoms with van der Waals surface area (Å²) in [5.74, 6) is -0.282. The van der Waals surface area contributed by atoms with Crippen molar-refractivity contribution in [3.63, 3.8) is 0 Å². The highest BCUT2D eigenvalue weighted by atomic mass is 32.1. The summed E-state index contributed by atoms with van der Waals surface area (Å²) in [5, 5.41) is 35.2. The first kappa shape index (κ1) is 50.5. The van der Waals surface area contributed by atoms with Crippen molar-refractivity contribution in [2.45, 2.75) is 129 Å². The molecule has 2 saturated heterocycles. The van der Waals surface area contributed by atoms with Gasteiger partial charge in [-0.3, -0.25) is 19.2 Å². The molecule has 0 aliphatic carbocycles. The van der Waals surface area contributed by atoms with E-state index < -0.39 is 23.6 Å². The Hall–Kier alpha value is -6.39. The van der Waals surface area contributed by atoms with Crippen molar-refractivity contribution in [3.05, 3.63) is 107 Å². The third kappa shape index (κ3) is 13.4. The number of piperidine rings is 1. The van der Waals surface area contributed by atoms with Crippen LogP contribution in [-0.4, -0.2) is 103 Å². The van der Waals surface area contributed by atoms with E-state index in [1.165, 1.54) is 4.90 Å². The molecule has 15 nitrogen and oxygen atoms in total. The number of aliphatic hydroxyl groups excluding tert-OH is 1. The van der Waals surface area contributed by atoms with Gasteiger partial charge in [0.1, 0.15) is 29.6 Å². The quantitative estimate of drug-likeness (QED) is 0.0510. The number of aryl methyl sites for hydroxylation is 1. The number of para-hydroxylation sites is 1. The molecule has 6 N–H and O–H groups in total. The molecule has 3 aromatic carbocycles. The number of aromatic nitrogens is 3. The van der Waals surface area contributed by atoms with Crippen molar-refractivity contribution in [1.29, 1.82) is 0 Å². The number of β-amino-alcohol motifs (C(OH)–C–C–N with tert-alkyl or cyclic N) is 1. The monoisotopic (exact) mass is 958 g/mol. The van der Waals surface area contributed by atoms with E-state index in [0.717, 1.165) is 59.4 Å². The van der Waals surface area contributed by atoms with Crippen molar-refractivity contribution < 1.29 is 34.1 Å². The Kier molecular flexibility index (Phi) is 17.0. The number of nitrogens with one attached hydrogen (secondary N) is 2. The van der Waals surface area contributed by atoms with Crippen molar-refractivity contribution in [2.24, 2.45) is 5.41 Å². The van der Waals surface area contributed by atoms with Crippen LogP contribution in [0.25, 0.3) is 21.7 Å². The van der Waals surface area contributed by atoms with E-state index in [2.05, 4.69) is 37.9 Å². The molecule has 0 radical (unpaired) electrons. The summed E-state index contributed by atoms with van der Waals surface area (Å²) in [6.45, 7) is 8.88. The van der Waals surface area contributed by atoms with Gasteiger partial charge in [0.25, 0.3) is 0 Å². The molecule has 2 aromatic heterocycles. The summed E-state index contributed by atoms with van der Waals surface area (Å²) in [4.78, 5) is 63.3. The van der Waals surface area contributed by atoms with Gasteiger partial charge in [0.15, 0.2) is 11.6 Å². The molecule has 4 amide bonds. The number of nitrogens with two attached hydrogens (primary N) is 1. The van der Waals surface area contributed by atoms with Crippen LogP contribution in [0.1, 0.15) is 108 Å². The number of carbonyl (C=O) groups excluding carboxylic acids is 4. The molecule has 4 heterocycles. The lowest BCUT2D eigenvalue weighted by Crippen LogP contribution is -2.57. The van der Waals surface area contributed by atoms with Gasteiger partial charge in [-0.1, -0.05) is 113 Å². The summed E-state index contributed by atoms with van der Waals surface area (Å²) in [6, 6.07) is 24.8. The largest absolute Gasteiger partial charge is 0.507 e. The molecule has 3 unspecified atom stereocenters. The Bertz CT molecular complexity index is 2530. The van der Waals surface area contributed by atoms with Gasteiger partial charge in [0.2, 0.25) is 23.6 Å². The highest BCUT2D eigenvalue weighted by molar-refractivity contribution is 7.13. The maximum Gasteiger partial charge on any atom is 0.246 e. The van der Waals surface area contributed by atoms with Gasteiger partial charge < -0.3 is 41.1 Å². The number of ether oxygens (including phenoxy) is 1. The number of hydrogen-bond donors (Lipinski definition) is 5. The van der Waals surface area contributed by atoms with Crippen molar-refractivity contribution >= 4 is 40.8 Å². The van der Waals surface area contributed by atoms with Gasteiger partial charge in [-0.25, -0.2) is 4.98 Å². The Morgan fingerprint density at radius 3 is 2.26 bits per heavy atom. The van der Waals surface area contributed by atoms with E-state index >= 15 is 0 Å². The minimum atomic E-state index is -0.885. The van der Waals surface area contributed by atoms with E-state index in [4.69, 9.17) is 10.5 Å². The number of rotatable bonds is 19. The van der Waals surface area contributed by atoms with Crippen LogP contribution >= 0.6 is 11.3 Å². The smallest absolute Gasteiger partial charge is 0.246 e. The predicted octanol–water partition coefficient (Wildman–Crippen LogP) is 7.56. The molecule has 69 heavy (non-hydrogen) atoms. The van der Waals surface area contributed by atoms with Gasteiger partial charge in [-0.05, 0) is 60.4 Å². The summed E-state index contributed by atoms with van der Waals surface area (Å²) < 4.78 is 6.47. The minimum absolute atomic E-state index is 0.0124. The molecule has 0 spiro atoms. The zero-order valence-corrected chi connectivity index (χ0v) is 40.9. The van der Waals surface area contributed by atoms with E-state index in [1.54, 1.807) is 41.7 Å². The van der Waals surface area contributed by atoms with Gasteiger partial charge in [-0.15, -0.1) is 21.5 Å². The normalized spacial score (nSPS) is 18.7. The van der Waals surface area contributed by atoms with Gasteiger partial charge in [0.05, 0.1) is 28.7 Å². The fraction of sp³-hybridized carbons (Fsp3) is 0.453. The van der Waals surface area contributed by atoms with Gasteiger partial charge in [-0.2, -0.15) is 0 Å². The molecule has 0 bridgehead atoms. The highest BCUT2D eigenvalue weighted by Gasteiger charge is 2.44. The van der Waals surface area contributed by atoms with Crippen LogP contribution in [0.2, 0.25) is 0 Å². The molecule has 2 aliphatic rings. The maximum atomic E-state index is 14.1. The predicted molar refractivity (Wildman–Crippen MR) is 267 cm³/mol. The summed E-state index contributed by atoms with van der Waals surface area (Å²) in [6.07, 6.45) is 5.18. The standard InChI is InChI=1S/C53H66N8O7S/c1-34-48(69-33-56-34)37-24-22-35(23-25-37)29-55-51(66)43-27-39(62)31-61(43)52(67)49(53(2,3)4)57-46(64)20-12-7-5-6-8-13-21-47(65)60-30-38(36-16-10-9-11-17-36)26-40(32-60)68-45-28-42(58-59-50(45)54)41-18-14-15-19-44(41)63/h9-11,14-19,22-25,28,33,38-40,43,49,62-63H,5-8,12-13,20-21,26-27,29-32H2,1-4H3,(H2,54,59)(H,55,66)(H,57,64)/t38?,39-,40?,43+,49?/m1/s1. The second-order valence-electron chi connectivity index (χ2n) is 19.4. The zero-order chi connectivity index (χ0) is 49.1. The zero-order valence-electron chi connectivity index (χ0n) is 40.1. The van der Waals surface area contributed by atoms with Crippen LogP contribution in [0.3, 0.4) is 0 Å². The molecule has 5 atom stereocenters. The maximum absolute atomic E-state index is 14.1. The minimum Gasteiger partial charge on any atom is -0.507 e. The van der Waals surface area contributed by atoms with Gasteiger partial charge in [0, 0.05) is 56.4 Å². The molecule has 16 heteroatoms. The number of nitrogen functional groups attached to an aromatic ring is 1. The number of aliphatic hydroxyl groups is 1. The average molecular weight is 959 g/mol. The number of likely N-dealkylation sites (tertiary alicyclic amines) is 2. The fourth-order valence-corrected chi connectivity index (χ4v) is 10.0. The molecule has 0 saturated carbocycles. The van der Waals surface area contributed by atoms with Crippen LogP contribution in [0.15, 0.2) is 90.4 Å². The molecule has 366 valence electrons. The average Bonchev–Trinajstić information content (AvgIpc) is 3.96. The first-order valence-corrected chi connectivity index (χ1v) is 25.0. The summed E-state index contributed by atoms with van der Waals surface area (Å²) in [5.41, 5.74) is 12.4. The van der Waals surface area contributed by atoms with Crippen LogP contribution in [0.5, 0.6) is 11.5 Å². The summed E-state index contributed by atoms with van der Waals surface area (Å²) in [7, 11) is 0. The van der Waals surface area contributed by atoms with Crippen LogP contribution in [-0.2, 0) is 25.7 Å². The fourth-order valence-electron chi connectivity index (χ4n) is 9.23. The van der Waals surface area contributed by atoms with E-state index in [1.807, 2.05) is 80.6 Å². The number of aromatic hydroxyl groups is 1. The number of hydrogen-bond acceptors (Lipinski definition) is 12. The number of phenols is 1. The second kappa shape index (κ2) is 23.3. The van der Waals surface area contributed by atoms with E-state index in [0.29, 0.717) is 49.4 Å². The second-order valence-corrected chi connectivity index (χ2v) is 20.3. The number of thiazole rings is 1.